The second-order valence-electron chi connectivity index (χ2n) is 5.73. The Morgan fingerprint density at radius 3 is 2.16 bits per heavy atom. The third kappa shape index (κ3) is 2.33. The molecule has 3 N–H and O–H groups in total. The number of carbonyl (C=O) groups is 1. The van der Waals surface area contributed by atoms with Gasteiger partial charge in [-0.2, -0.15) is 0 Å². The van der Waals surface area contributed by atoms with Crippen LogP contribution in [0.25, 0.3) is 0 Å². The highest BCUT2D eigenvalue weighted by atomic mass is 16.7. The van der Waals surface area contributed by atoms with Crippen molar-refractivity contribution in [3.63, 3.8) is 0 Å². The summed E-state index contributed by atoms with van der Waals surface area (Å²) in [5.74, 6) is -0.648. The van der Waals surface area contributed by atoms with E-state index in [0.717, 1.165) is 0 Å². The van der Waals surface area contributed by atoms with Crippen molar-refractivity contribution in [2.24, 2.45) is 5.73 Å². The first-order valence-electron chi connectivity index (χ1n) is 6.12. The zero-order valence-electron chi connectivity index (χ0n) is 11.6. The summed E-state index contributed by atoms with van der Waals surface area (Å²) in [7, 11) is -0.660. The molecule has 0 aromatic heterocycles. The summed E-state index contributed by atoms with van der Waals surface area (Å²) in [5, 5.41) is 9.97. The molecular weight excluding hydrogens is 245 g/mol. The second kappa shape index (κ2) is 4.25. The quantitative estimate of drug-likeness (QED) is 0.773. The van der Waals surface area contributed by atoms with Crippen LogP contribution in [0.15, 0.2) is 18.2 Å². The molecule has 1 aromatic rings. The molecule has 0 radical (unpaired) electrons. The molecule has 6 heteroatoms. The van der Waals surface area contributed by atoms with Gasteiger partial charge in [0.25, 0.3) is 0 Å². The Morgan fingerprint density at radius 2 is 1.74 bits per heavy atom. The molecule has 0 atom stereocenters. The van der Waals surface area contributed by atoms with Crippen LogP contribution in [-0.2, 0) is 9.31 Å². The molecule has 5 nitrogen and oxygen atoms in total. The molecule has 0 aliphatic carbocycles. The number of phenols is 1. The molecular formula is C13H18BNO4. The van der Waals surface area contributed by atoms with Crippen LogP contribution in [0.2, 0.25) is 0 Å². The number of rotatable bonds is 2. The first-order valence-corrected chi connectivity index (χ1v) is 6.12. The van der Waals surface area contributed by atoms with Crippen molar-refractivity contribution < 1.29 is 19.2 Å². The van der Waals surface area contributed by atoms with Crippen molar-refractivity contribution >= 4 is 18.5 Å². The topological polar surface area (TPSA) is 81.8 Å². The Morgan fingerprint density at radius 1 is 1.21 bits per heavy atom. The van der Waals surface area contributed by atoms with E-state index < -0.39 is 24.2 Å². The van der Waals surface area contributed by atoms with Gasteiger partial charge in [0.05, 0.1) is 11.2 Å². The Labute approximate surface area is 112 Å². The predicted octanol–water partition coefficient (Wildman–Crippen LogP) is 0.790. The Kier molecular flexibility index (Phi) is 3.11. The molecule has 102 valence electrons. The van der Waals surface area contributed by atoms with Crippen molar-refractivity contribution in [3.8, 4) is 5.75 Å². The summed E-state index contributed by atoms with van der Waals surface area (Å²) in [6.07, 6.45) is 0. The van der Waals surface area contributed by atoms with E-state index in [0.29, 0.717) is 5.46 Å². The SMILES string of the molecule is CC1(C)OB(c2ccc(C(N)=O)cc2O)OC1(C)C. The van der Waals surface area contributed by atoms with Gasteiger partial charge in [0.1, 0.15) is 5.75 Å². The molecule has 19 heavy (non-hydrogen) atoms. The Balaban J connectivity index is 2.33. The van der Waals surface area contributed by atoms with E-state index in [9.17, 15) is 9.90 Å². The number of hydrogen-bond donors (Lipinski definition) is 2. The van der Waals surface area contributed by atoms with Crippen molar-refractivity contribution in [3.05, 3.63) is 23.8 Å². The maximum Gasteiger partial charge on any atom is 0.498 e. The molecule has 1 aliphatic heterocycles. The van der Waals surface area contributed by atoms with E-state index in [2.05, 4.69) is 0 Å². The molecule has 0 spiro atoms. The lowest BCUT2D eigenvalue weighted by Crippen LogP contribution is -2.41. The highest BCUT2D eigenvalue weighted by Crippen LogP contribution is 2.37. The fraction of sp³-hybridized carbons (Fsp3) is 0.462. The predicted molar refractivity (Wildman–Crippen MR) is 72.3 cm³/mol. The molecule has 0 bridgehead atoms. The second-order valence-corrected chi connectivity index (χ2v) is 5.73. The van der Waals surface area contributed by atoms with Gasteiger partial charge in [0.15, 0.2) is 0 Å². The first kappa shape index (κ1) is 13.9. The van der Waals surface area contributed by atoms with Crippen LogP contribution in [0.5, 0.6) is 5.75 Å². The summed E-state index contributed by atoms with van der Waals surface area (Å²) >= 11 is 0. The number of aromatic hydroxyl groups is 1. The zero-order chi connectivity index (χ0) is 14.4. The van der Waals surface area contributed by atoms with Crippen molar-refractivity contribution in [2.75, 3.05) is 0 Å². The molecule has 1 saturated heterocycles. The van der Waals surface area contributed by atoms with Crippen molar-refractivity contribution in [1.29, 1.82) is 0 Å². The van der Waals surface area contributed by atoms with Crippen molar-refractivity contribution in [2.45, 2.75) is 38.9 Å². The van der Waals surface area contributed by atoms with Crippen molar-refractivity contribution in [1.82, 2.24) is 0 Å². The number of phenolic OH excluding ortho intramolecular Hbond substituents is 1. The minimum absolute atomic E-state index is 0.0604. The highest BCUT2D eigenvalue weighted by Gasteiger charge is 2.52. The smallest absolute Gasteiger partial charge is 0.498 e. The number of hydrogen-bond acceptors (Lipinski definition) is 4. The summed E-state index contributed by atoms with van der Waals surface area (Å²) in [6.45, 7) is 7.73. The molecule has 1 heterocycles. The lowest BCUT2D eigenvalue weighted by molar-refractivity contribution is 0.00578. The molecule has 1 amide bonds. The Bertz CT molecular complexity index is 511. The molecule has 0 unspecified atom stereocenters. The molecule has 1 fully saturated rings. The number of amides is 1. The first-order chi connectivity index (χ1) is 8.64. The molecule has 1 aliphatic rings. The highest BCUT2D eigenvalue weighted by molar-refractivity contribution is 6.63. The van der Waals surface area contributed by atoms with Gasteiger partial charge in [0.2, 0.25) is 5.91 Å². The Hall–Kier alpha value is -1.53. The van der Waals surface area contributed by atoms with E-state index in [1.165, 1.54) is 6.07 Å². The summed E-state index contributed by atoms with van der Waals surface area (Å²) < 4.78 is 11.7. The fourth-order valence-electron chi connectivity index (χ4n) is 1.87. The normalized spacial score (nSPS) is 20.5. The molecule has 0 saturated carbocycles. The molecule has 2 rings (SSSR count). The lowest BCUT2D eigenvalue weighted by atomic mass is 9.78. The van der Waals surface area contributed by atoms with Crippen LogP contribution in [0.4, 0.5) is 0 Å². The van der Waals surface area contributed by atoms with Crippen LogP contribution in [0, 0.1) is 0 Å². The number of primary amides is 1. The minimum Gasteiger partial charge on any atom is -0.508 e. The van der Waals surface area contributed by atoms with Gasteiger partial charge < -0.3 is 20.1 Å². The number of carbonyl (C=O) groups excluding carboxylic acids is 1. The average Bonchev–Trinajstić information content (AvgIpc) is 2.47. The van der Waals surface area contributed by atoms with Gasteiger partial charge in [-0.15, -0.1) is 0 Å². The van der Waals surface area contributed by atoms with Gasteiger partial charge >= 0.3 is 7.12 Å². The minimum atomic E-state index is -0.660. The third-order valence-electron chi connectivity index (χ3n) is 3.82. The van der Waals surface area contributed by atoms with Gasteiger partial charge in [-0.3, -0.25) is 4.79 Å². The zero-order valence-corrected chi connectivity index (χ0v) is 11.6. The van der Waals surface area contributed by atoms with Gasteiger partial charge in [-0.1, -0.05) is 6.07 Å². The summed E-state index contributed by atoms with van der Waals surface area (Å²) in [5.41, 5.74) is 4.94. The van der Waals surface area contributed by atoms with E-state index in [1.54, 1.807) is 12.1 Å². The largest absolute Gasteiger partial charge is 0.508 e. The van der Waals surface area contributed by atoms with Gasteiger partial charge in [-0.05, 0) is 39.8 Å². The van der Waals surface area contributed by atoms with Gasteiger partial charge in [-0.25, -0.2) is 0 Å². The van der Waals surface area contributed by atoms with E-state index in [4.69, 9.17) is 15.0 Å². The van der Waals surface area contributed by atoms with Crippen LogP contribution in [0.1, 0.15) is 38.1 Å². The maximum absolute atomic E-state index is 11.0. The lowest BCUT2D eigenvalue weighted by Gasteiger charge is -2.32. The van der Waals surface area contributed by atoms with E-state index in [1.807, 2.05) is 27.7 Å². The summed E-state index contributed by atoms with van der Waals surface area (Å²) in [4.78, 5) is 11.0. The van der Waals surface area contributed by atoms with Crippen LogP contribution < -0.4 is 11.2 Å². The third-order valence-corrected chi connectivity index (χ3v) is 3.82. The monoisotopic (exact) mass is 263 g/mol. The van der Waals surface area contributed by atoms with Crippen LogP contribution >= 0.6 is 0 Å². The fourth-order valence-corrected chi connectivity index (χ4v) is 1.87. The summed E-state index contributed by atoms with van der Waals surface area (Å²) in [6, 6.07) is 4.46. The van der Waals surface area contributed by atoms with Crippen LogP contribution in [0.3, 0.4) is 0 Å². The number of benzene rings is 1. The van der Waals surface area contributed by atoms with Gasteiger partial charge in [0, 0.05) is 11.0 Å². The standard InChI is InChI=1S/C13H18BNO4/c1-12(2)13(3,4)19-14(18-12)9-6-5-8(11(15)17)7-10(9)16/h5-7,16H,1-4H3,(H2,15,17). The van der Waals surface area contributed by atoms with E-state index >= 15 is 0 Å². The average molecular weight is 263 g/mol. The van der Waals surface area contributed by atoms with E-state index in [-0.39, 0.29) is 11.3 Å². The van der Waals surface area contributed by atoms with Crippen LogP contribution in [-0.4, -0.2) is 29.3 Å². The maximum atomic E-state index is 11.0. The molecule has 1 aromatic carbocycles. The number of nitrogens with two attached hydrogens (primary N) is 1.